The smallest absolute Gasteiger partial charge is 0.322 e. The molecule has 35 heavy (non-hydrogen) atoms. The number of benzene rings is 3. The molecule has 4 aromatic rings. The number of fused-ring (bicyclic) bond motifs is 1. The highest BCUT2D eigenvalue weighted by Crippen LogP contribution is 2.20. The molecule has 0 amide bonds. The Labute approximate surface area is 205 Å². The monoisotopic (exact) mass is 486 g/mol. The number of carboxylic acids is 1. The van der Waals surface area contributed by atoms with Gasteiger partial charge < -0.3 is 10.1 Å². The molecule has 0 aliphatic rings. The molecule has 3 N–H and O–H groups in total. The van der Waals surface area contributed by atoms with Gasteiger partial charge in [-0.15, -0.1) is 0 Å². The summed E-state index contributed by atoms with van der Waals surface area (Å²) in [5.41, 5.74) is 4.35. The predicted octanol–water partition coefficient (Wildman–Crippen LogP) is 4.67. The summed E-state index contributed by atoms with van der Waals surface area (Å²) in [7, 11) is -4.05. The molecule has 6 nitrogen and oxygen atoms in total. The first-order valence-corrected chi connectivity index (χ1v) is 12.7. The van der Waals surface area contributed by atoms with Crippen LogP contribution in [0, 0.1) is 11.8 Å². The van der Waals surface area contributed by atoms with Crippen LogP contribution in [0.5, 0.6) is 0 Å². The van der Waals surface area contributed by atoms with Crippen molar-refractivity contribution in [2.75, 3.05) is 0 Å². The minimum atomic E-state index is -4.05. The molecule has 1 heterocycles. The number of hydrogen-bond donors (Lipinski definition) is 3. The summed E-state index contributed by atoms with van der Waals surface area (Å²) in [5.74, 6) is 5.31. The summed E-state index contributed by atoms with van der Waals surface area (Å²) < 4.78 is 28.1. The van der Waals surface area contributed by atoms with Gasteiger partial charge in [0.2, 0.25) is 10.0 Å². The van der Waals surface area contributed by atoms with E-state index in [2.05, 4.69) is 35.4 Å². The second kappa shape index (κ2) is 10.2. The first kappa shape index (κ1) is 24.3. The zero-order chi connectivity index (χ0) is 25.0. The van der Waals surface area contributed by atoms with E-state index in [0.717, 1.165) is 22.0 Å². The maximum Gasteiger partial charge on any atom is 0.322 e. The first-order valence-electron chi connectivity index (χ1n) is 11.2. The van der Waals surface area contributed by atoms with Gasteiger partial charge in [0.05, 0.1) is 4.90 Å². The number of carbonyl (C=O) groups is 1. The molecule has 0 saturated carbocycles. The molecule has 0 saturated heterocycles. The van der Waals surface area contributed by atoms with Crippen molar-refractivity contribution in [2.24, 2.45) is 0 Å². The summed E-state index contributed by atoms with van der Waals surface area (Å²) >= 11 is 0. The van der Waals surface area contributed by atoms with Crippen LogP contribution in [0.3, 0.4) is 0 Å². The molecule has 0 radical (unpaired) electrons. The van der Waals surface area contributed by atoms with Crippen molar-refractivity contribution in [3.63, 3.8) is 0 Å². The Morgan fingerprint density at radius 1 is 0.943 bits per heavy atom. The normalized spacial score (nSPS) is 12.3. The molecule has 0 fully saturated rings. The Bertz CT molecular complexity index is 1510. The molecular weight excluding hydrogens is 460 g/mol. The summed E-state index contributed by atoms with van der Waals surface area (Å²) in [4.78, 5) is 14.9. The number of aromatic nitrogens is 1. The van der Waals surface area contributed by atoms with Crippen LogP contribution < -0.4 is 4.72 Å². The molecule has 0 unspecified atom stereocenters. The van der Waals surface area contributed by atoms with Gasteiger partial charge in [-0.05, 0) is 59.5 Å². The highest BCUT2D eigenvalue weighted by Gasteiger charge is 2.26. The van der Waals surface area contributed by atoms with Crippen molar-refractivity contribution in [1.82, 2.24) is 9.71 Å². The van der Waals surface area contributed by atoms with E-state index in [1.165, 1.54) is 17.7 Å². The Hall–Kier alpha value is -3.86. The lowest BCUT2D eigenvalue weighted by Gasteiger charge is -2.14. The van der Waals surface area contributed by atoms with Crippen molar-refractivity contribution in [3.8, 4) is 11.8 Å². The lowest BCUT2D eigenvalue weighted by molar-refractivity contribution is -0.138. The fourth-order valence-corrected chi connectivity index (χ4v) is 4.96. The minimum Gasteiger partial charge on any atom is -0.480 e. The van der Waals surface area contributed by atoms with E-state index in [-0.39, 0.29) is 11.3 Å². The molecule has 178 valence electrons. The lowest BCUT2D eigenvalue weighted by atomic mass is 10.0. The summed E-state index contributed by atoms with van der Waals surface area (Å²) in [6.45, 7) is 4.26. The molecule has 7 heteroatoms. The fraction of sp³-hybridized carbons (Fsp3) is 0.179. The van der Waals surface area contributed by atoms with Crippen LogP contribution in [0.25, 0.3) is 10.9 Å². The second-order valence-corrected chi connectivity index (χ2v) is 10.3. The Balaban J connectivity index is 1.48. The highest BCUT2D eigenvalue weighted by molar-refractivity contribution is 7.89. The molecule has 0 spiro atoms. The molecule has 1 atom stereocenters. The number of hydrogen-bond acceptors (Lipinski definition) is 3. The average Bonchev–Trinajstić information content (AvgIpc) is 3.25. The Morgan fingerprint density at radius 2 is 1.54 bits per heavy atom. The quantitative estimate of drug-likeness (QED) is 0.331. The van der Waals surface area contributed by atoms with Gasteiger partial charge in [0.25, 0.3) is 0 Å². The zero-order valence-corrected chi connectivity index (χ0v) is 20.3. The molecule has 0 bridgehead atoms. The van der Waals surface area contributed by atoms with Crippen LogP contribution in [0.15, 0.2) is 83.9 Å². The highest BCUT2D eigenvalue weighted by atomic mass is 32.2. The minimum absolute atomic E-state index is 0.0116. The zero-order valence-electron chi connectivity index (χ0n) is 19.4. The number of aliphatic carboxylic acids is 1. The Morgan fingerprint density at radius 3 is 2.14 bits per heavy atom. The predicted molar refractivity (Wildman–Crippen MR) is 137 cm³/mol. The average molecular weight is 487 g/mol. The first-order chi connectivity index (χ1) is 16.7. The molecule has 1 aromatic heterocycles. The number of aromatic amines is 1. The van der Waals surface area contributed by atoms with Crippen molar-refractivity contribution < 1.29 is 18.3 Å². The van der Waals surface area contributed by atoms with E-state index in [1.807, 2.05) is 48.5 Å². The Kier molecular flexibility index (Phi) is 7.06. The summed E-state index contributed by atoms with van der Waals surface area (Å²) in [6, 6.07) is 20.3. The van der Waals surface area contributed by atoms with Gasteiger partial charge in [0.15, 0.2) is 0 Å². The van der Waals surface area contributed by atoms with Crippen LogP contribution in [-0.2, 0) is 21.2 Å². The van der Waals surface area contributed by atoms with E-state index >= 15 is 0 Å². The number of sulfonamides is 1. The molecule has 0 aliphatic heterocycles. The van der Waals surface area contributed by atoms with Gasteiger partial charge >= 0.3 is 5.97 Å². The lowest BCUT2D eigenvalue weighted by Crippen LogP contribution is -2.42. The van der Waals surface area contributed by atoms with Crippen LogP contribution >= 0.6 is 0 Å². The number of H-pyrrole nitrogens is 1. The van der Waals surface area contributed by atoms with Crippen molar-refractivity contribution >= 4 is 26.9 Å². The summed E-state index contributed by atoms with van der Waals surface area (Å²) in [6.07, 6.45) is 1.72. The third kappa shape index (κ3) is 5.80. The van der Waals surface area contributed by atoms with E-state index < -0.39 is 22.0 Å². The van der Waals surface area contributed by atoms with E-state index in [0.29, 0.717) is 11.5 Å². The third-order valence-corrected chi connectivity index (χ3v) is 7.28. The van der Waals surface area contributed by atoms with Crippen molar-refractivity contribution in [1.29, 1.82) is 0 Å². The van der Waals surface area contributed by atoms with Gasteiger partial charge in [-0.1, -0.05) is 56.0 Å². The largest absolute Gasteiger partial charge is 0.480 e. The number of carboxylic acid groups (broad SMARTS) is 1. The number of rotatable bonds is 7. The molecule has 4 rings (SSSR count). The maximum absolute atomic E-state index is 12.9. The molecular formula is C28H26N2O4S. The van der Waals surface area contributed by atoms with E-state index in [1.54, 1.807) is 18.3 Å². The second-order valence-electron chi connectivity index (χ2n) is 8.63. The van der Waals surface area contributed by atoms with Gasteiger partial charge in [0, 0.05) is 34.6 Å². The van der Waals surface area contributed by atoms with E-state index in [9.17, 15) is 18.3 Å². The van der Waals surface area contributed by atoms with Crippen LogP contribution in [0.2, 0.25) is 0 Å². The van der Waals surface area contributed by atoms with Gasteiger partial charge in [-0.25, -0.2) is 8.42 Å². The molecule has 3 aromatic carbocycles. The van der Waals surface area contributed by atoms with Crippen LogP contribution in [-0.4, -0.2) is 30.5 Å². The van der Waals surface area contributed by atoms with Crippen molar-refractivity contribution in [3.05, 3.63) is 101 Å². The number of nitrogens with one attached hydrogen (secondary N) is 2. The van der Waals surface area contributed by atoms with Gasteiger partial charge in [-0.3, -0.25) is 4.79 Å². The molecule has 0 aliphatic carbocycles. The fourth-order valence-electron chi connectivity index (χ4n) is 3.77. The third-order valence-electron chi connectivity index (χ3n) is 5.79. The maximum atomic E-state index is 12.9. The topological polar surface area (TPSA) is 99.3 Å². The van der Waals surface area contributed by atoms with Crippen molar-refractivity contribution in [2.45, 2.75) is 37.1 Å². The van der Waals surface area contributed by atoms with Crippen LogP contribution in [0.1, 0.15) is 42.0 Å². The van der Waals surface area contributed by atoms with Gasteiger partial charge in [0.1, 0.15) is 6.04 Å². The standard InChI is InChI=1S/C28H26N2O4S/c1-19(2)22-13-9-20(10-14-22)7-8-21-11-15-24(16-12-21)35(33,34)30-27(28(31)32)17-23-18-29-26-6-4-3-5-25(23)26/h3-6,9-16,18-19,27,29-30H,17H2,1-2H3,(H,31,32)/t27-/m1/s1. The summed E-state index contributed by atoms with van der Waals surface area (Å²) in [5, 5.41) is 10.5. The number of para-hydroxylation sites is 1. The van der Waals surface area contributed by atoms with Gasteiger partial charge in [-0.2, -0.15) is 4.72 Å². The van der Waals surface area contributed by atoms with E-state index in [4.69, 9.17) is 0 Å². The van der Waals surface area contributed by atoms with Crippen LogP contribution in [0.4, 0.5) is 0 Å². The SMILES string of the molecule is CC(C)c1ccc(C#Cc2ccc(S(=O)(=O)N[C@H](Cc3c[nH]c4ccccc34)C(=O)O)cc2)cc1.